The van der Waals surface area contributed by atoms with E-state index in [1.165, 1.54) is 19.2 Å². The summed E-state index contributed by atoms with van der Waals surface area (Å²) < 4.78 is 0. The van der Waals surface area contributed by atoms with Crippen molar-refractivity contribution in [3.8, 4) is 0 Å². The Bertz CT molecular complexity index is 516. The first-order chi connectivity index (χ1) is 8.15. The van der Waals surface area contributed by atoms with Crippen LogP contribution < -0.4 is 10.2 Å². The number of carbonyl (C=O) groups is 3. The van der Waals surface area contributed by atoms with Crippen LogP contribution in [0.15, 0.2) is 36.4 Å². The molecule has 0 aliphatic carbocycles. The average Bonchev–Trinajstić information content (AvgIpc) is 2.68. The minimum absolute atomic E-state index is 0.292. The van der Waals surface area contributed by atoms with Crippen molar-refractivity contribution >= 4 is 23.4 Å². The number of hydrogen-bond acceptors (Lipinski definition) is 3. The van der Waals surface area contributed by atoms with Crippen molar-refractivity contribution in [1.29, 1.82) is 0 Å². The molecule has 5 heteroatoms. The molecular weight excluding hydrogens is 220 g/mol. The van der Waals surface area contributed by atoms with Crippen LogP contribution in [0.2, 0.25) is 0 Å². The molecule has 86 valence electrons. The fourth-order valence-corrected chi connectivity index (χ4v) is 1.63. The van der Waals surface area contributed by atoms with Gasteiger partial charge < -0.3 is 5.32 Å². The predicted octanol–water partition coefficient (Wildman–Crippen LogP) is 0.476. The number of para-hydroxylation sites is 1. The number of rotatable bonds is 2. The summed E-state index contributed by atoms with van der Waals surface area (Å²) >= 11 is 0. The Kier molecular flexibility index (Phi) is 2.74. The number of nitrogens with zero attached hydrogens (tertiary/aromatic N) is 1. The molecule has 0 bridgehead atoms. The van der Waals surface area contributed by atoms with Gasteiger partial charge >= 0.3 is 0 Å². The van der Waals surface area contributed by atoms with E-state index >= 15 is 0 Å². The number of anilines is 1. The number of benzene rings is 1. The van der Waals surface area contributed by atoms with E-state index < -0.39 is 11.8 Å². The number of amides is 3. The molecule has 0 saturated heterocycles. The quantitative estimate of drug-likeness (QED) is 0.751. The van der Waals surface area contributed by atoms with E-state index in [-0.39, 0.29) is 5.91 Å². The molecule has 0 fully saturated rings. The minimum atomic E-state index is -0.439. The maximum Gasteiger partial charge on any atom is 0.258 e. The SMILES string of the molecule is CNC(=O)c1ccccc1N1C(=O)C=CC1=O. The van der Waals surface area contributed by atoms with Gasteiger partial charge in [-0.2, -0.15) is 0 Å². The van der Waals surface area contributed by atoms with Crippen molar-refractivity contribution < 1.29 is 14.4 Å². The van der Waals surface area contributed by atoms with Gasteiger partial charge in [-0.15, -0.1) is 0 Å². The molecule has 17 heavy (non-hydrogen) atoms. The fourth-order valence-electron chi connectivity index (χ4n) is 1.63. The molecule has 0 saturated carbocycles. The Labute approximate surface area is 97.7 Å². The highest BCUT2D eigenvalue weighted by atomic mass is 16.2. The van der Waals surface area contributed by atoms with Crippen LogP contribution in [0, 0.1) is 0 Å². The van der Waals surface area contributed by atoms with Crippen molar-refractivity contribution in [2.24, 2.45) is 0 Å². The van der Waals surface area contributed by atoms with Crippen LogP contribution in [0.1, 0.15) is 10.4 Å². The monoisotopic (exact) mass is 230 g/mol. The van der Waals surface area contributed by atoms with Crippen LogP contribution >= 0.6 is 0 Å². The third-order valence-corrected chi connectivity index (χ3v) is 2.43. The van der Waals surface area contributed by atoms with E-state index in [0.29, 0.717) is 11.3 Å². The van der Waals surface area contributed by atoms with Crippen molar-refractivity contribution in [1.82, 2.24) is 5.32 Å². The molecular formula is C12H10N2O3. The Balaban J connectivity index is 2.49. The van der Waals surface area contributed by atoms with Crippen LogP contribution in [-0.4, -0.2) is 24.8 Å². The second kappa shape index (κ2) is 4.21. The molecule has 3 amide bonds. The van der Waals surface area contributed by atoms with Crippen LogP contribution in [0.25, 0.3) is 0 Å². The second-order valence-corrected chi connectivity index (χ2v) is 3.44. The molecule has 1 N–H and O–H groups in total. The first-order valence-electron chi connectivity index (χ1n) is 5.02. The van der Waals surface area contributed by atoms with E-state index in [4.69, 9.17) is 0 Å². The normalized spacial score (nSPS) is 14.3. The number of imide groups is 1. The summed E-state index contributed by atoms with van der Waals surface area (Å²) in [5, 5.41) is 2.47. The molecule has 0 radical (unpaired) electrons. The molecule has 1 aromatic carbocycles. The minimum Gasteiger partial charge on any atom is -0.355 e. The molecule has 0 unspecified atom stereocenters. The van der Waals surface area contributed by atoms with Gasteiger partial charge in [-0.1, -0.05) is 12.1 Å². The first-order valence-corrected chi connectivity index (χ1v) is 5.02. The molecule has 0 atom stereocenters. The predicted molar refractivity (Wildman–Crippen MR) is 61.5 cm³/mol. The van der Waals surface area contributed by atoms with Crippen molar-refractivity contribution in [2.75, 3.05) is 11.9 Å². The molecule has 1 aliphatic rings. The number of hydrogen-bond donors (Lipinski definition) is 1. The zero-order valence-corrected chi connectivity index (χ0v) is 9.14. The summed E-state index contributed by atoms with van der Waals surface area (Å²) in [6.45, 7) is 0. The molecule has 0 spiro atoms. The summed E-state index contributed by atoms with van der Waals surface area (Å²) in [6.07, 6.45) is 2.37. The average molecular weight is 230 g/mol. The van der Waals surface area contributed by atoms with E-state index in [1.54, 1.807) is 24.3 Å². The maximum atomic E-state index is 11.6. The van der Waals surface area contributed by atoms with Gasteiger partial charge in [0.1, 0.15) is 0 Å². The van der Waals surface area contributed by atoms with Crippen molar-refractivity contribution in [3.63, 3.8) is 0 Å². The van der Waals surface area contributed by atoms with Crippen LogP contribution in [0.4, 0.5) is 5.69 Å². The van der Waals surface area contributed by atoms with Gasteiger partial charge in [0.2, 0.25) is 0 Å². The Morgan fingerprint density at radius 3 is 2.29 bits per heavy atom. The molecule has 1 aromatic rings. The summed E-state index contributed by atoms with van der Waals surface area (Å²) in [7, 11) is 1.49. The van der Waals surface area contributed by atoms with Gasteiger partial charge in [-0.3, -0.25) is 14.4 Å². The lowest BCUT2D eigenvalue weighted by molar-refractivity contribution is -0.119. The van der Waals surface area contributed by atoms with Crippen LogP contribution in [-0.2, 0) is 9.59 Å². The largest absolute Gasteiger partial charge is 0.355 e. The topological polar surface area (TPSA) is 66.5 Å². The van der Waals surface area contributed by atoms with Gasteiger partial charge in [-0.25, -0.2) is 4.90 Å². The highest BCUT2D eigenvalue weighted by Gasteiger charge is 2.28. The molecule has 5 nitrogen and oxygen atoms in total. The van der Waals surface area contributed by atoms with Crippen molar-refractivity contribution in [3.05, 3.63) is 42.0 Å². The molecule has 1 aliphatic heterocycles. The zero-order valence-electron chi connectivity index (χ0n) is 9.14. The second-order valence-electron chi connectivity index (χ2n) is 3.44. The fraction of sp³-hybridized carbons (Fsp3) is 0.0833. The Morgan fingerprint density at radius 2 is 1.71 bits per heavy atom. The molecule has 0 aromatic heterocycles. The van der Waals surface area contributed by atoms with E-state index in [2.05, 4.69) is 5.32 Å². The van der Waals surface area contributed by atoms with E-state index in [0.717, 1.165) is 4.90 Å². The van der Waals surface area contributed by atoms with Gasteiger partial charge in [0.25, 0.3) is 17.7 Å². The van der Waals surface area contributed by atoms with Gasteiger partial charge in [0, 0.05) is 19.2 Å². The number of nitrogens with one attached hydrogen (secondary N) is 1. The smallest absolute Gasteiger partial charge is 0.258 e. The summed E-state index contributed by atoms with van der Waals surface area (Å²) in [5.41, 5.74) is 0.590. The summed E-state index contributed by atoms with van der Waals surface area (Å²) in [5.74, 6) is -1.22. The first kappa shape index (κ1) is 11.1. The lowest BCUT2D eigenvalue weighted by Crippen LogP contribution is -2.32. The van der Waals surface area contributed by atoms with E-state index in [9.17, 15) is 14.4 Å². The summed E-state index contributed by atoms with van der Waals surface area (Å²) in [6, 6.07) is 6.47. The Morgan fingerprint density at radius 1 is 1.12 bits per heavy atom. The highest BCUT2D eigenvalue weighted by molar-refractivity contribution is 6.29. The maximum absolute atomic E-state index is 11.6. The lowest BCUT2D eigenvalue weighted by Gasteiger charge is -2.16. The van der Waals surface area contributed by atoms with Gasteiger partial charge in [0.15, 0.2) is 0 Å². The zero-order chi connectivity index (χ0) is 12.4. The van der Waals surface area contributed by atoms with Crippen molar-refractivity contribution in [2.45, 2.75) is 0 Å². The number of carbonyl (C=O) groups excluding carboxylic acids is 3. The molecule has 2 rings (SSSR count). The third kappa shape index (κ3) is 1.82. The standard InChI is InChI=1S/C12H10N2O3/c1-13-12(17)8-4-2-3-5-9(8)14-10(15)6-7-11(14)16/h2-7H,1H3,(H,13,17). The van der Waals surface area contributed by atoms with E-state index in [1.807, 2.05) is 0 Å². The third-order valence-electron chi connectivity index (χ3n) is 2.43. The summed E-state index contributed by atoms with van der Waals surface area (Å²) in [4.78, 5) is 35.7. The Hall–Kier alpha value is -2.43. The van der Waals surface area contributed by atoms with Gasteiger partial charge in [0.05, 0.1) is 11.3 Å². The van der Waals surface area contributed by atoms with Crippen LogP contribution in [0.3, 0.4) is 0 Å². The highest BCUT2D eigenvalue weighted by Crippen LogP contribution is 2.23. The van der Waals surface area contributed by atoms with Crippen LogP contribution in [0.5, 0.6) is 0 Å². The lowest BCUT2D eigenvalue weighted by atomic mass is 10.1. The van der Waals surface area contributed by atoms with Gasteiger partial charge in [-0.05, 0) is 12.1 Å². The molecule has 1 heterocycles.